The molecule has 0 aromatic rings. The molecule has 2 saturated carbocycles. The van der Waals surface area contributed by atoms with Gasteiger partial charge in [0.05, 0.1) is 5.60 Å². The molecule has 0 heterocycles. The molecule has 0 aliphatic heterocycles. The molecule has 9 heteroatoms. The minimum absolute atomic E-state index is 0.0341. The first kappa shape index (κ1) is 20.1. The second-order valence-corrected chi connectivity index (χ2v) is 10.2. The number of fused-ring (bicyclic) bond motifs is 1. The first-order valence-corrected chi connectivity index (χ1v) is 11.1. The Morgan fingerprint density at radius 1 is 1.09 bits per heavy atom. The molecular formula is C24H36F6O3. The molecule has 33 heavy (non-hydrogen) atoms. The highest BCUT2D eigenvalue weighted by Gasteiger charge is 2.69. The van der Waals surface area contributed by atoms with Crippen LogP contribution in [0, 0.1) is 22.7 Å². The van der Waals surface area contributed by atoms with E-state index in [2.05, 4.69) is 0 Å². The van der Waals surface area contributed by atoms with Crippen LogP contribution in [0.1, 0.15) is 93.6 Å². The third kappa shape index (κ3) is 5.77. The lowest BCUT2D eigenvalue weighted by atomic mass is 9.56. The Labute approximate surface area is 200 Å². The van der Waals surface area contributed by atoms with Crippen LogP contribution in [0.15, 0.2) is 12.2 Å². The van der Waals surface area contributed by atoms with Crippen molar-refractivity contribution in [1.82, 2.24) is 0 Å². The second kappa shape index (κ2) is 9.17. The summed E-state index contributed by atoms with van der Waals surface area (Å²) in [6, 6.07) is 0. The van der Waals surface area contributed by atoms with E-state index < -0.39 is 60.9 Å². The molecule has 2 N–H and O–H groups in total. The minimum atomic E-state index is -6.05. The molecule has 2 rings (SSSR count). The largest absolute Gasteiger partial charge is 0.429 e. The summed E-state index contributed by atoms with van der Waals surface area (Å²) >= 11 is 0. The maximum Gasteiger partial charge on any atom is 0.429 e. The van der Waals surface area contributed by atoms with Crippen molar-refractivity contribution >= 4 is 5.78 Å². The highest BCUT2D eigenvalue weighted by atomic mass is 19.4. The van der Waals surface area contributed by atoms with Gasteiger partial charge in [0.1, 0.15) is 5.78 Å². The minimum Gasteiger partial charge on any atom is -0.390 e. The Bertz CT molecular complexity index is 901. The normalized spacial score (nSPS) is 32.8. The average Bonchev–Trinajstić information content (AvgIpc) is 3.09. The van der Waals surface area contributed by atoms with Crippen LogP contribution in [-0.4, -0.2) is 39.6 Å². The number of aliphatic hydroxyl groups is 2. The van der Waals surface area contributed by atoms with Crippen molar-refractivity contribution < 1.29 is 49.6 Å². The van der Waals surface area contributed by atoms with E-state index in [4.69, 9.17) is 8.22 Å². The van der Waals surface area contributed by atoms with E-state index >= 15 is 0 Å². The van der Waals surface area contributed by atoms with Crippen LogP contribution >= 0.6 is 0 Å². The average molecular weight is 493 g/mol. The summed E-state index contributed by atoms with van der Waals surface area (Å²) in [5, 5.41) is 20.2. The van der Waals surface area contributed by atoms with Crippen molar-refractivity contribution in [3.05, 3.63) is 12.2 Å². The molecule has 2 aliphatic rings. The maximum absolute atomic E-state index is 13.2. The summed E-state index contributed by atoms with van der Waals surface area (Å²) in [5.41, 5.74) is -9.90. The van der Waals surface area contributed by atoms with Gasteiger partial charge in [0.2, 0.25) is 0 Å². The van der Waals surface area contributed by atoms with Gasteiger partial charge >= 0.3 is 12.4 Å². The van der Waals surface area contributed by atoms with Gasteiger partial charge in [-0.05, 0) is 81.5 Å². The van der Waals surface area contributed by atoms with Crippen LogP contribution < -0.4 is 0 Å². The van der Waals surface area contributed by atoms with Crippen LogP contribution in [0.4, 0.5) is 26.3 Å². The molecule has 0 aromatic carbocycles. The molecule has 4 atom stereocenters. The van der Waals surface area contributed by atoms with E-state index in [0.29, 0.717) is 38.2 Å². The lowest BCUT2D eigenvalue weighted by Crippen LogP contribution is -2.55. The Kier molecular flexibility index (Phi) is 5.60. The van der Waals surface area contributed by atoms with Crippen LogP contribution in [-0.2, 0) is 4.79 Å². The van der Waals surface area contributed by atoms with Crippen LogP contribution in [0.5, 0.6) is 0 Å². The summed E-state index contributed by atoms with van der Waals surface area (Å²) in [6.07, 6.45) is -10.8. The SMILES string of the molecule is [2H]C([2H])([2H])C(O)(CCC[C@](C)(C/C=C/C(O)(C(F)(F)F)C(F)(F)F)[C@H]1CCC2C(=O)CCC[C@@]21C)C([2H])([2H])[2H]. The van der Waals surface area contributed by atoms with Gasteiger partial charge in [0, 0.05) is 20.6 Å². The smallest absolute Gasteiger partial charge is 0.390 e. The number of alkyl halides is 6. The quantitative estimate of drug-likeness (QED) is 0.300. The zero-order valence-corrected chi connectivity index (χ0v) is 18.7. The molecule has 0 saturated heterocycles. The van der Waals surface area contributed by atoms with E-state index in [0.717, 1.165) is 0 Å². The van der Waals surface area contributed by atoms with Gasteiger partial charge < -0.3 is 10.2 Å². The molecule has 192 valence electrons. The summed E-state index contributed by atoms with van der Waals surface area (Å²) in [6.45, 7) is -3.12. The van der Waals surface area contributed by atoms with Gasteiger partial charge in [0.25, 0.3) is 5.60 Å². The number of rotatable bonds is 8. The lowest BCUT2D eigenvalue weighted by molar-refractivity contribution is -0.347. The van der Waals surface area contributed by atoms with Crippen molar-refractivity contribution in [1.29, 1.82) is 0 Å². The van der Waals surface area contributed by atoms with E-state index in [9.17, 15) is 41.4 Å². The predicted octanol–water partition coefficient (Wildman–Crippen LogP) is 6.52. The van der Waals surface area contributed by atoms with E-state index in [-0.39, 0.29) is 36.5 Å². The zero-order chi connectivity index (χ0) is 30.5. The molecule has 0 bridgehead atoms. The molecule has 0 spiro atoms. The summed E-state index contributed by atoms with van der Waals surface area (Å²) in [7, 11) is 0. The number of carbonyl (C=O) groups excluding carboxylic acids is 1. The summed E-state index contributed by atoms with van der Waals surface area (Å²) in [4.78, 5) is 12.6. The Hall–Kier alpha value is -1.09. The standard InChI is InChI=1S/C24H36F6O3/c1-19(2,32)11-6-12-20(3,13-7-15-22(33,23(25,26)27)24(28,29)30)18-10-9-16-17(31)8-5-14-21(16,18)4/h7,15-16,18,32-33H,5-6,8-14H2,1-4H3/b15-7+/t16?,18-,20-,21+/m1/s1/i1D3,2D3. The summed E-state index contributed by atoms with van der Waals surface area (Å²) < 4.78 is 125. The first-order chi connectivity index (χ1) is 17.3. The highest BCUT2D eigenvalue weighted by molar-refractivity contribution is 5.83. The second-order valence-electron chi connectivity index (χ2n) is 10.2. The highest BCUT2D eigenvalue weighted by Crippen LogP contribution is 2.61. The first-order valence-electron chi connectivity index (χ1n) is 14.1. The fourth-order valence-corrected chi connectivity index (χ4v) is 6.09. The van der Waals surface area contributed by atoms with E-state index in [1.807, 2.05) is 6.92 Å². The number of allylic oxidation sites excluding steroid dienone is 1. The van der Waals surface area contributed by atoms with Gasteiger partial charge in [-0.25, -0.2) is 0 Å². The van der Waals surface area contributed by atoms with E-state index in [1.54, 1.807) is 6.92 Å². The van der Waals surface area contributed by atoms with Crippen molar-refractivity contribution in [3.63, 3.8) is 0 Å². The maximum atomic E-state index is 13.2. The van der Waals surface area contributed by atoms with E-state index in [1.165, 1.54) is 0 Å². The van der Waals surface area contributed by atoms with Gasteiger partial charge in [-0.2, -0.15) is 26.3 Å². The Morgan fingerprint density at radius 3 is 2.24 bits per heavy atom. The topological polar surface area (TPSA) is 57.5 Å². The fraction of sp³-hybridized carbons (Fsp3) is 0.875. The van der Waals surface area contributed by atoms with Crippen molar-refractivity contribution in [3.8, 4) is 0 Å². The number of Topliss-reactive ketones (excluding diaryl/α,β-unsaturated/α-hetero) is 1. The van der Waals surface area contributed by atoms with Crippen molar-refractivity contribution in [2.45, 2.75) is 109 Å². The van der Waals surface area contributed by atoms with Gasteiger partial charge in [-0.3, -0.25) is 4.79 Å². The predicted molar refractivity (Wildman–Crippen MR) is 112 cm³/mol. The number of hydrogen-bond acceptors (Lipinski definition) is 3. The van der Waals surface area contributed by atoms with Crippen LogP contribution in [0.2, 0.25) is 0 Å². The van der Waals surface area contributed by atoms with Crippen LogP contribution in [0.25, 0.3) is 0 Å². The molecule has 2 fully saturated rings. The van der Waals surface area contributed by atoms with Gasteiger partial charge in [0.15, 0.2) is 0 Å². The number of halogens is 6. The number of carbonyl (C=O) groups is 1. The Morgan fingerprint density at radius 2 is 1.70 bits per heavy atom. The molecule has 1 unspecified atom stereocenters. The molecule has 3 nitrogen and oxygen atoms in total. The molecule has 2 aliphatic carbocycles. The van der Waals surface area contributed by atoms with Crippen molar-refractivity contribution in [2.24, 2.45) is 22.7 Å². The summed E-state index contributed by atoms with van der Waals surface area (Å²) in [5.74, 6) is -0.697. The van der Waals surface area contributed by atoms with Gasteiger partial charge in [-0.1, -0.05) is 26.3 Å². The fourth-order valence-electron chi connectivity index (χ4n) is 6.09. The molecule has 0 amide bonds. The van der Waals surface area contributed by atoms with Crippen molar-refractivity contribution in [2.75, 3.05) is 0 Å². The Balaban J connectivity index is 2.45. The van der Waals surface area contributed by atoms with Gasteiger partial charge in [-0.15, -0.1) is 0 Å². The lowest BCUT2D eigenvalue weighted by Gasteiger charge is -2.48. The van der Waals surface area contributed by atoms with Crippen LogP contribution in [0.3, 0.4) is 0 Å². The molecule has 0 radical (unpaired) electrons. The number of hydrogen-bond donors (Lipinski definition) is 2. The third-order valence-electron chi connectivity index (χ3n) is 7.80. The zero-order valence-electron chi connectivity index (χ0n) is 24.7. The third-order valence-corrected chi connectivity index (χ3v) is 7.80. The molecular weight excluding hydrogens is 450 g/mol. The molecule has 0 aromatic heterocycles. The monoisotopic (exact) mass is 492 g/mol. The number of ketones is 1.